The Morgan fingerprint density at radius 2 is 2.17 bits per heavy atom. The molecule has 0 spiro atoms. The quantitative estimate of drug-likeness (QED) is 0.502. The van der Waals surface area contributed by atoms with Crippen LogP contribution in [0.15, 0.2) is 0 Å². The molecular formula is C9H15NO2. The average molecular weight is 169 g/mol. The fourth-order valence-electron chi connectivity index (χ4n) is 2.38. The zero-order valence-electron chi connectivity index (χ0n) is 7.78. The molecule has 0 N–H and O–H groups in total. The predicted molar refractivity (Wildman–Crippen MR) is 44.7 cm³/mol. The van der Waals surface area contributed by atoms with Crippen LogP contribution in [0.5, 0.6) is 0 Å². The van der Waals surface area contributed by atoms with E-state index in [4.69, 9.17) is 4.74 Å². The van der Waals surface area contributed by atoms with E-state index in [0.29, 0.717) is 18.2 Å². The molecule has 0 aromatic carbocycles. The first kappa shape index (κ1) is 8.05. The monoisotopic (exact) mass is 169 g/mol. The van der Waals surface area contributed by atoms with Crippen LogP contribution >= 0.6 is 0 Å². The van der Waals surface area contributed by atoms with Crippen LogP contribution < -0.4 is 0 Å². The average Bonchev–Trinajstić information content (AvgIpc) is 2.65. The van der Waals surface area contributed by atoms with Crippen LogP contribution in [-0.2, 0) is 9.53 Å². The number of nitrogens with zero attached hydrogens (tertiary/aromatic N) is 1. The Kier molecular flexibility index (Phi) is 1.65. The Labute approximate surface area is 72.7 Å². The van der Waals surface area contributed by atoms with Crippen LogP contribution in [0.2, 0.25) is 0 Å². The Hall–Kier alpha value is -0.570. The first-order valence-corrected chi connectivity index (χ1v) is 4.55. The third-order valence-electron chi connectivity index (χ3n) is 2.95. The van der Waals surface area contributed by atoms with Gasteiger partial charge < -0.3 is 9.64 Å². The van der Waals surface area contributed by atoms with E-state index in [0.717, 1.165) is 6.42 Å². The van der Waals surface area contributed by atoms with Gasteiger partial charge in [-0.1, -0.05) is 0 Å². The highest BCUT2D eigenvalue weighted by Crippen LogP contribution is 2.38. The smallest absolute Gasteiger partial charge is 0.220 e. The van der Waals surface area contributed by atoms with Crippen molar-refractivity contribution in [2.75, 3.05) is 0 Å². The first-order valence-electron chi connectivity index (χ1n) is 4.55. The third kappa shape index (κ3) is 1.04. The number of likely N-dealkylation sites (tertiary alicyclic amines) is 1. The molecule has 0 aliphatic carbocycles. The Bertz CT molecular complexity index is 217. The van der Waals surface area contributed by atoms with Crippen molar-refractivity contribution in [3.8, 4) is 0 Å². The fraction of sp³-hybridized carbons (Fsp3) is 0.889. The van der Waals surface area contributed by atoms with Gasteiger partial charge in [-0.2, -0.15) is 0 Å². The second-order valence-electron chi connectivity index (χ2n) is 3.89. The largest absolute Gasteiger partial charge is 0.367 e. The number of fused-ring (bicyclic) bond motifs is 1. The molecule has 68 valence electrons. The van der Waals surface area contributed by atoms with Crippen molar-refractivity contribution < 1.29 is 9.53 Å². The minimum absolute atomic E-state index is 0.170. The lowest BCUT2D eigenvalue weighted by atomic mass is 9.98. The van der Waals surface area contributed by atoms with Crippen molar-refractivity contribution >= 4 is 5.91 Å². The van der Waals surface area contributed by atoms with Crippen LogP contribution in [0.3, 0.4) is 0 Å². The lowest BCUT2D eigenvalue weighted by Gasteiger charge is -2.35. The standard InChI is InChI=1S/C9H15NO2/c1-5-4-8-9(12-8)6(2)10(5)7(3)11/h5-6,8-9H,4H2,1-3H3/t5-,6-,8+,9+/m1/s1. The van der Waals surface area contributed by atoms with Crippen molar-refractivity contribution in [3.05, 3.63) is 0 Å². The van der Waals surface area contributed by atoms with Gasteiger partial charge in [0.1, 0.15) is 6.10 Å². The SMILES string of the molecule is CC(=O)N1[C@H](C)C[C@@H]2O[C@H]2[C@H]1C. The molecule has 0 bridgehead atoms. The van der Waals surface area contributed by atoms with Gasteiger partial charge in [0.05, 0.1) is 12.1 Å². The highest BCUT2D eigenvalue weighted by Gasteiger charge is 2.51. The molecule has 2 aliphatic rings. The maximum Gasteiger partial charge on any atom is 0.220 e. The molecular weight excluding hydrogens is 154 g/mol. The molecule has 0 aromatic rings. The molecule has 1 amide bonds. The normalized spacial score (nSPS) is 45.4. The Balaban J connectivity index is 2.13. The van der Waals surface area contributed by atoms with Crippen LogP contribution in [0, 0.1) is 0 Å². The second kappa shape index (κ2) is 2.46. The molecule has 2 fully saturated rings. The summed E-state index contributed by atoms with van der Waals surface area (Å²) in [5.41, 5.74) is 0. The van der Waals surface area contributed by atoms with Gasteiger partial charge in [0, 0.05) is 13.0 Å². The molecule has 12 heavy (non-hydrogen) atoms. The summed E-state index contributed by atoms with van der Waals surface area (Å²) in [6.45, 7) is 5.80. The highest BCUT2D eigenvalue weighted by atomic mass is 16.6. The summed E-state index contributed by atoms with van der Waals surface area (Å²) in [5, 5.41) is 0. The van der Waals surface area contributed by atoms with Crippen LogP contribution in [0.4, 0.5) is 0 Å². The van der Waals surface area contributed by atoms with E-state index in [1.54, 1.807) is 6.92 Å². The maximum absolute atomic E-state index is 11.3. The van der Waals surface area contributed by atoms with E-state index >= 15 is 0 Å². The molecule has 2 heterocycles. The number of ether oxygens (including phenoxy) is 1. The number of epoxide rings is 1. The van der Waals surface area contributed by atoms with Crippen molar-refractivity contribution in [1.82, 2.24) is 4.90 Å². The van der Waals surface area contributed by atoms with Gasteiger partial charge in [0.2, 0.25) is 5.91 Å². The van der Waals surface area contributed by atoms with E-state index in [9.17, 15) is 4.79 Å². The first-order chi connectivity index (χ1) is 5.61. The van der Waals surface area contributed by atoms with Crippen LogP contribution in [0.1, 0.15) is 27.2 Å². The minimum atomic E-state index is 0.170. The molecule has 0 aromatic heterocycles. The highest BCUT2D eigenvalue weighted by molar-refractivity contribution is 5.74. The van der Waals surface area contributed by atoms with E-state index in [2.05, 4.69) is 13.8 Å². The number of hydrogen-bond donors (Lipinski definition) is 0. The Morgan fingerprint density at radius 1 is 1.50 bits per heavy atom. The number of amides is 1. The van der Waals surface area contributed by atoms with Gasteiger partial charge >= 0.3 is 0 Å². The summed E-state index contributed by atoms with van der Waals surface area (Å²) >= 11 is 0. The van der Waals surface area contributed by atoms with Gasteiger partial charge in [0.25, 0.3) is 0 Å². The van der Waals surface area contributed by atoms with Crippen LogP contribution in [-0.4, -0.2) is 35.1 Å². The minimum Gasteiger partial charge on any atom is -0.367 e. The van der Waals surface area contributed by atoms with Crippen molar-refractivity contribution in [2.45, 2.75) is 51.5 Å². The number of piperidine rings is 1. The van der Waals surface area contributed by atoms with E-state index in [1.807, 2.05) is 4.90 Å². The summed E-state index contributed by atoms with van der Waals surface area (Å²) in [6.07, 6.45) is 1.77. The zero-order chi connectivity index (χ0) is 8.88. The van der Waals surface area contributed by atoms with Gasteiger partial charge in [0.15, 0.2) is 0 Å². The van der Waals surface area contributed by atoms with Crippen molar-refractivity contribution in [2.24, 2.45) is 0 Å². The molecule has 0 unspecified atom stereocenters. The van der Waals surface area contributed by atoms with Gasteiger partial charge in [-0.3, -0.25) is 4.79 Å². The molecule has 2 aliphatic heterocycles. The lowest BCUT2D eigenvalue weighted by Crippen LogP contribution is -2.50. The Morgan fingerprint density at radius 3 is 2.75 bits per heavy atom. The molecule has 2 saturated heterocycles. The summed E-state index contributed by atoms with van der Waals surface area (Å²) in [4.78, 5) is 13.2. The van der Waals surface area contributed by atoms with Crippen molar-refractivity contribution in [3.63, 3.8) is 0 Å². The summed E-state index contributed by atoms with van der Waals surface area (Å²) < 4.78 is 5.45. The third-order valence-corrected chi connectivity index (χ3v) is 2.95. The van der Waals surface area contributed by atoms with Gasteiger partial charge in [-0.25, -0.2) is 0 Å². The second-order valence-corrected chi connectivity index (χ2v) is 3.89. The fourth-order valence-corrected chi connectivity index (χ4v) is 2.38. The molecule has 2 rings (SSSR count). The van der Waals surface area contributed by atoms with Gasteiger partial charge in [-0.05, 0) is 20.3 Å². The number of rotatable bonds is 0. The van der Waals surface area contributed by atoms with Crippen LogP contribution in [0.25, 0.3) is 0 Å². The lowest BCUT2D eigenvalue weighted by molar-refractivity contribution is -0.134. The van der Waals surface area contributed by atoms with E-state index in [-0.39, 0.29) is 11.9 Å². The number of carbonyl (C=O) groups excluding carboxylic acids is 1. The molecule has 3 nitrogen and oxygen atoms in total. The van der Waals surface area contributed by atoms with E-state index < -0.39 is 0 Å². The molecule has 0 saturated carbocycles. The van der Waals surface area contributed by atoms with E-state index in [1.165, 1.54) is 0 Å². The predicted octanol–water partition coefficient (Wildman–Crippen LogP) is 0.783. The number of hydrogen-bond acceptors (Lipinski definition) is 2. The zero-order valence-corrected chi connectivity index (χ0v) is 7.78. The van der Waals surface area contributed by atoms with Crippen molar-refractivity contribution in [1.29, 1.82) is 0 Å². The molecule has 0 radical (unpaired) electrons. The maximum atomic E-state index is 11.3. The molecule has 3 heteroatoms. The summed E-state index contributed by atoms with van der Waals surface area (Å²) in [6, 6.07) is 0.623. The summed E-state index contributed by atoms with van der Waals surface area (Å²) in [5.74, 6) is 0.170. The van der Waals surface area contributed by atoms with Gasteiger partial charge in [-0.15, -0.1) is 0 Å². The molecule has 4 atom stereocenters. The summed E-state index contributed by atoms with van der Waals surface area (Å²) in [7, 11) is 0. The number of carbonyl (C=O) groups is 1. The topological polar surface area (TPSA) is 32.8 Å².